The first-order valence-corrected chi connectivity index (χ1v) is 9.74. The lowest BCUT2D eigenvalue weighted by Crippen LogP contribution is -2.31. The number of sulfonamides is 1. The monoisotopic (exact) mass is 357 g/mol. The molecule has 2 aromatic carbocycles. The van der Waals surface area contributed by atoms with Gasteiger partial charge in [-0.1, -0.05) is 35.9 Å². The summed E-state index contributed by atoms with van der Waals surface area (Å²) in [5.74, 6) is 0.905. The molecule has 2 aromatic rings. The van der Waals surface area contributed by atoms with Gasteiger partial charge in [0.25, 0.3) is 0 Å². The van der Waals surface area contributed by atoms with E-state index >= 15 is 0 Å². The van der Waals surface area contributed by atoms with Gasteiger partial charge in [-0.3, -0.25) is 0 Å². The quantitative estimate of drug-likeness (QED) is 0.762. The molecular formula is C20H23NO3S. The maximum Gasteiger partial charge on any atom is 0.243 e. The second-order valence-electron chi connectivity index (χ2n) is 6.41. The van der Waals surface area contributed by atoms with Crippen molar-refractivity contribution in [3.8, 4) is 5.75 Å². The van der Waals surface area contributed by atoms with E-state index in [1.165, 1.54) is 0 Å². The van der Waals surface area contributed by atoms with E-state index in [9.17, 15) is 8.42 Å². The van der Waals surface area contributed by atoms with Crippen LogP contribution < -0.4 is 4.74 Å². The summed E-state index contributed by atoms with van der Waals surface area (Å²) in [6.07, 6.45) is 2.59. The molecule has 132 valence electrons. The average Bonchev–Trinajstić information content (AvgIpc) is 3.07. The molecule has 25 heavy (non-hydrogen) atoms. The number of rotatable bonds is 5. The van der Waals surface area contributed by atoms with Gasteiger partial charge in [-0.05, 0) is 49.1 Å². The normalized spacial score (nSPS) is 21.2. The Morgan fingerprint density at radius 2 is 1.76 bits per heavy atom. The molecule has 2 atom stereocenters. The summed E-state index contributed by atoms with van der Waals surface area (Å²) in [5.41, 5.74) is 2.01. The third-order valence-electron chi connectivity index (χ3n) is 4.75. The zero-order valence-corrected chi connectivity index (χ0v) is 15.4. The third-order valence-corrected chi connectivity index (χ3v) is 6.64. The smallest absolute Gasteiger partial charge is 0.243 e. The fraction of sp³-hybridized carbons (Fsp3) is 0.300. The van der Waals surface area contributed by atoms with Gasteiger partial charge in [0.15, 0.2) is 0 Å². The first-order valence-electron chi connectivity index (χ1n) is 8.30. The Morgan fingerprint density at radius 1 is 1.12 bits per heavy atom. The average molecular weight is 357 g/mol. The number of nitrogens with zero attached hydrogens (tertiary/aromatic N) is 1. The number of aryl methyl sites for hydroxylation is 1. The predicted octanol–water partition coefficient (Wildman–Crippen LogP) is 3.94. The van der Waals surface area contributed by atoms with Gasteiger partial charge in [0.05, 0.1) is 18.0 Å². The van der Waals surface area contributed by atoms with Crippen LogP contribution in [0.5, 0.6) is 5.75 Å². The largest absolute Gasteiger partial charge is 0.497 e. The lowest BCUT2D eigenvalue weighted by Gasteiger charge is -2.24. The summed E-state index contributed by atoms with van der Waals surface area (Å²) in [6.45, 7) is 6.26. The van der Waals surface area contributed by atoms with Gasteiger partial charge in [-0.15, -0.1) is 6.58 Å². The van der Waals surface area contributed by atoms with E-state index in [0.29, 0.717) is 11.4 Å². The van der Waals surface area contributed by atoms with Crippen LogP contribution in [0.25, 0.3) is 0 Å². The van der Waals surface area contributed by atoms with Crippen LogP contribution in [-0.2, 0) is 10.0 Å². The van der Waals surface area contributed by atoms with Crippen molar-refractivity contribution in [3.05, 3.63) is 72.3 Å². The lowest BCUT2D eigenvalue weighted by molar-refractivity contribution is 0.393. The highest BCUT2D eigenvalue weighted by Crippen LogP contribution is 2.40. The highest BCUT2D eigenvalue weighted by molar-refractivity contribution is 7.89. The number of hydrogen-bond acceptors (Lipinski definition) is 3. The number of hydrogen-bond donors (Lipinski definition) is 0. The van der Waals surface area contributed by atoms with Crippen LogP contribution in [0.4, 0.5) is 0 Å². The Hall–Kier alpha value is -2.11. The lowest BCUT2D eigenvalue weighted by atomic mass is 10.0. The van der Waals surface area contributed by atoms with Gasteiger partial charge in [0.1, 0.15) is 5.75 Å². The molecule has 0 N–H and O–H groups in total. The Morgan fingerprint density at radius 3 is 2.32 bits per heavy atom. The van der Waals surface area contributed by atoms with Crippen molar-refractivity contribution in [2.24, 2.45) is 5.92 Å². The summed E-state index contributed by atoms with van der Waals surface area (Å²) < 4.78 is 33.2. The van der Waals surface area contributed by atoms with E-state index in [2.05, 4.69) is 6.58 Å². The van der Waals surface area contributed by atoms with Crippen LogP contribution >= 0.6 is 0 Å². The molecule has 0 aliphatic carbocycles. The van der Waals surface area contributed by atoms with Crippen LogP contribution in [0.2, 0.25) is 0 Å². The zero-order valence-electron chi connectivity index (χ0n) is 14.6. The molecule has 1 aliphatic rings. The second kappa shape index (κ2) is 7.02. The first kappa shape index (κ1) is 17.7. The number of benzene rings is 2. The molecule has 0 aromatic heterocycles. The Labute approximate surface area is 149 Å². The van der Waals surface area contributed by atoms with Crippen LogP contribution in [0.15, 0.2) is 66.1 Å². The third kappa shape index (κ3) is 3.48. The van der Waals surface area contributed by atoms with E-state index in [1.54, 1.807) is 23.5 Å². The van der Waals surface area contributed by atoms with E-state index in [-0.39, 0.29) is 12.0 Å². The Balaban J connectivity index is 1.98. The molecule has 0 amide bonds. The Kier molecular flexibility index (Phi) is 4.97. The van der Waals surface area contributed by atoms with Crippen LogP contribution in [0.1, 0.15) is 23.6 Å². The summed E-state index contributed by atoms with van der Waals surface area (Å²) in [4.78, 5) is 0.335. The molecule has 0 radical (unpaired) electrons. The van der Waals surface area contributed by atoms with E-state index in [1.807, 2.05) is 49.4 Å². The first-order chi connectivity index (χ1) is 12.0. The summed E-state index contributed by atoms with van der Waals surface area (Å²) in [5, 5.41) is 0. The highest BCUT2D eigenvalue weighted by atomic mass is 32.2. The maximum absolute atomic E-state index is 13.2. The van der Waals surface area contributed by atoms with Crippen molar-refractivity contribution < 1.29 is 13.2 Å². The molecule has 0 saturated carbocycles. The minimum Gasteiger partial charge on any atom is -0.497 e. The van der Waals surface area contributed by atoms with Crippen LogP contribution in [0, 0.1) is 12.8 Å². The number of methoxy groups -OCH3 is 1. The summed E-state index contributed by atoms with van der Waals surface area (Å²) in [7, 11) is -1.94. The molecule has 1 heterocycles. The molecule has 3 rings (SSSR count). The van der Waals surface area contributed by atoms with Gasteiger partial charge in [-0.2, -0.15) is 4.31 Å². The molecule has 0 bridgehead atoms. The van der Waals surface area contributed by atoms with Crippen molar-refractivity contribution >= 4 is 10.0 Å². The zero-order chi connectivity index (χ0) is 18.0. The summed E-state index contributed by atoms with van der Waals surface area (Å²) in [6, 6.07) is 14.4. The van der Waals surface area contributed by atoms with Crippen molar-refractivity contribution in [2.45, 2.75) is 24.3 Å². The molecule has 2 unspecified atom stereocenters. The van der Waals surface area contributed by atoms with E-state index < -0.39 is 10.0 Å². The van der Waals surface area contributed by atoms with Gasteiger partial charge in [-0.25, -0.2) is 8.42 Å². The molecule has 4 nitrogen and oxygen atoms in total. The Bertz CT molecular complexity index is 842. The van der Waals surface area contributed by atoms with Gasteiger partial charge >= 0.3 is 0 Å². The van der Waals surface area contributed by atoms with E-state index in [0.717, 1.165) is 23.3 Å². The standard InChI is InChI=1S/C20H23NO3S/c1-4-16-13-20(17-7-9-18(24-3)10-8-17)21(14-16)25(22,23)19-11-5-15(2)6-12-19/h4-12,16,20H,1,13-14H2,2-3H3. The molecular weight excluding hydrogens is 334 g/mol. The highest BCUT2D eigenvalue weighted by Gasteiger charge is 2.39. The fourth-order valence-corrected chi connectivity index (χ4v) is 4.93. The summed E-state index contributed by atoms with van der Waals surface area (Å²) >= 11 is 0. The molecule has 1 saturated heterocycles. The van der Waals surface area contributed by atoms with Crippen LogP contribution in [0.3, 0.4) is 0 Å². The minimum atomic E-state index is -3.56. The molecule has 1 aliphatic heterocycles. The predicted molar refractivity (Wildman–Crippen MR) is 99.1 cm³/mol. The van der Waals surface area contributed by atoms with Crippen LogP contribution in [-0.4, -0.2) is 26.4 Å². The van der Waals surface area contributed by atoms with Gasteiger partial charge in [0, 0.05) is 6.54 Å². The van der Waals surface area contributed by atoms with Crippen molar-refractivity contribution in [1.29, 1.82) is 0 Å². The van der Waals surface area contributed by atoms with Gasteiger partial charge < -0.3 is 4.74 Å². The SMILES string of the molecule is C=CC1CC(c2ccc(OC)cc2)N(S(=O)(=O)c2ccc(C)cc2)C1. The van der Waals surface area contributed by atoms with E-state index in [4.69, 9.17) is 4.74 Å². The van der Waals surface area contributed by atoms with Crippen molar-refractivity contribution in [1.82, 2.24) is 4.31 Å². The second-order valence-corrected chi connectivity index (χ2v) is 8.30. The fourth-order valence-electron chi connectivity index (χ4n) is 3.25. The molecule has 1 fully saturated rings. The maximum atomic E-state index is 13.2. The molecule has 0 spiro atoms. The topological polar surface area (TPSA) is 46.6 Å². The van der Waals surface area contributed by atoms with Crippen molar-refractivity contribution in [2.75, 3.05) is 13.7 Å². The van der Waals surface area contributed by atoms with Gasteiger partial charge in [0.2, 0.25) is 10.0 Å². The minimum absolute atomic E-state index is 0.146. The molecule has 5 heteroatoms. The van der Waals surface area contributed by atoms with Crippen molar-refractivity contribution in [3.63, 3.8) is 0 Å². The number of ether oxygens (including phenoxy) is 1.